The van der Waals surface area contributed by atoms with Crippen molar-refractivity contribution in [2.45, 2.75) is 105 Å². The second-order valence-electron chi connectivity index (χ2n) is 21.6. The van der Waals surface area contributed by atoms with E-state index in [1.165, 1.54) is 110 Å². The van der Waals surface area contributed by atoms with E-state index >= 15 is 0 Å². The number of fused-ring (bicyclic) bond motifs is 7. The molecule has 0 saturated heterocycles. The van der Waals surface area contributed by atoms with Gasteiger partial charge in [-0.1, -0.05) is 172 Å². The molecule has 0 saturated carbocycles. The molecule has 0 amide bonds. The van der Waals surface area contributed by atoms with Crippen LogP contribution in [0.3, 0.4) is 0 Å². The first-order valence-corrected chi connectivity index (χ1v) is 24.9. The summed E-state index contributed by atoms with van der Waals surface area (Å²) >= 11 is 0. The van der Waals surface area contributed by atoms with E-state index in [9.17, 15) is 0 Å². The maximum atomic E-state index is 2.81. The molecule has 4 heteroatoms. The van der Waals surface area contributed by atoms with E-state index in [0.29, 0.717) is 0 Å². The summed E-state index contributed by atoms with van der Waals surface area (Å²) in [6, 6.07) is 43.1. The van der Waals surface area contributed by atoms with E-state index in [0.717, 1.165) is 0 Å². The van der Waals surface area contributed by atoms with Crippen molar-refractivity contribution >= 4 is 63.7 Å². The fourth-order valence-electron chi connectivity index (χ4n) is 10.1. The average Bonchev–Trinajstić information content (AvgIpc) is 3.67. The molecule has 0 atom stereocenters. The van der Waals surface area contributed by atoms with Gasteiger partial charge < -0.3 is 9.05 Å². The van der Waals surface area contributed by atoms with E-state index in [-0.39, 0.29) is 23.1 Å². The second-order valence-corrected chi connectivity index (χ2v) is 26.7. The summed E-state index contributed by atoms with van der Waals surface area (Å²) in [7, 11) is -1.78. The molecule has 0 aliphatic carbocycles. The smallest absolute Gasteiger partial charge is 0.333 e. The van der Waals surface area contributed by atoms with Crippen LogP contribution in [0, 0.1) is 6.92 Å². The minimum Gasteiger partial charge on any atom is -0.375 e. The number of hydrogen-bond acceptors (Lipinski definition) is 0. The zero-order valence-corrected chi connectivity index (χ0v) is 37.9. The lowest BCUT2D eigenvalue weighted by Crippen LogP contribution is -2.56. The summed E-state index contributed by atoms with van der Waals surface area (Å²) in [4.78, 5) is 0. The molecule has 4 heterocycles. The van der Waals surface area contributed by atoms with Gasteiger partial charge in [0.05, 0.1) is 19.1 Å². The average molecular weight is 773 g/mol. The van der Waals surface area contributed by atoms with Crippen molar-refractivity contribution < 1.29 is 0 Å². The first-order valence-electron chi connectivity index (χ1n) is 21.4. The lowest BCUT2D eigenvalue weighted by atomic mass is 9.45. The van der Waals surface area contributed by atoms with Gasteiger partial charge in [-0.3, -0.25) is 0 Å². The highest BCUT2D eigenvalue weighted by atomic mass is 28.3. The zero-order chi connectivity index (χ0) is 41.0. The van der Waals surface area contributed by atoms with E-state index in [1.54, 1.807) is 0 Å². The summed E-state index contributed by atoms with van der Waals surface area (Å²) in [6.07, 6.45) is 0. The molecule has 2 nitrogen and oxygen atoms in total. The Morgan fingerprint density at radius 2 is 1.17 bits per heavy atom. The number of hydrogen-bond donors (Lipinski definition) is 0. The zero-order valence-electron chi connectivity index (χ0n) is 36.9. The fraction of sp³-hybridized carbons (Fsp3) is 0.296. The first-order chi connectivity index (χ1) is 27.2. The predicted octanol–water partition coefficient (Wildman–Crippen LogP) is 12.8. The molecule has 0 unspecified atom stereocenters. The van der Waals surface area contributed by atoms with Crippen LogP contribution in [-0.4, -0.2) is 24.0 Å². The minimum atomic E-state index is -1.78. The molecule has 290 valence electrons. The molecule has 0 radical (unpaired) electrons. The third-order valence-corrected chi connectivity index (χ3v) is 15.5. The SMILES string of the molecule is Cc1ccccc1-c1c(-c2ccccc2)n2c3c(cc([Si](C)(C)C)cc13)-c1cc(C(C)(C)C)cc3c1B2c1cc(C(C)(C)C)cc2c4cc(C(C)(C)C)ccc4n-3c12. The van der Waals surface area contributed by atoms with Gasteiger partial charge in [-0.2, -0.15) is 0 Å². The molecule has 2 aliphatic rings. The molecule has 58 heavy (non-hydrogen) atoms. The van der Waals surface area contributed by atoms with E-state index in [4.69, 9.17) is 0 Å². The highest BCUT2D eigenvalue weighted by Gasteiger charge is 2.44. The van der Waals surface area contributed by atoms with Crippen LogP contribution < -0.4 is 16.1 Å². The van der Waals surface area contributed by atoms with Crippen LogP contribution in [0.25, 0.3) is 71.9 Å². The molecule has 0 bridgehead atoms. The van der Waals surface area contributed by atoms with Crippen molar-refractivity contribution in [3.8, 4) is 39.2 Å². The molecule has 0 N–H and O–H groups in total. The Morgan fingerprint density at radius 3 is 1.83 bits per heavy atom. The van der Waals surface area contributed by atoms with Gasteiger partial charge in [0.25, 0.3) is 0 Å². The van der Waals surface area contributed by atoms with Crippen molar-refractivity contribution in [3.05, 3.63) is 131 Å². The van der Waals surface area contributed by atoms with Gasteiger partial charge in [0.15, 0.2) is 0 Å². The quantitative estimate of drug-likeness (QED) is 0.158. The summed E-state index contributed by atoms with van der Waals surface area (Å²) in [6.45, 7) is 31.1. The highest BCUT2D eigenvalue weighted by molar-refractivity contribution is 6.91. The topological polar surface area (TPSA) is 9.86 Å². The minimum absolute atomic E-state index is 0.0246. The number of benzene rings is 6. The molecular formula is C54H57BN2Si. The van der Waals surface area contributed by atoms with E-state index < -0.39 is 8.07 Å². The monoisotopic (exact) mass is 772 g/mol. The van der Waals surface area contributed by atoms with E-state index in [2.05, 4.69) is 207 Å². The maximum absolute atomic E-state index is 2.81. The number of rotatable bonds is 3. The standard InChI is InChI=1S/C54H57BN2Si/c1-32-19-17-18-22-38(32)47-43-31-37(58(11,12)13)30-42-40-26-36(54(8,9)10)29-46-48(40)55(57(50(42)43)49(47)33-20-15-14-16-21-33)44-28-35(53(5,6)7)27-41-39-25-34(52(2,3)4)23-24-45(39)56(46)51(41)44/h14-31H,1-13H3. The third kappa shape index (κ3) is 5.29. The Labute approximate surface area is 347 Å². The van der Waals surface area contributed by atoms with Gasteiger partial charge in [-0.05, 0) is 97.3 Å². The summed E-state index contributed by atoms with van der Waals surface area (Å²) in [5.74, 6) is 0. The Balaban J connectivity index is 1.50. The van der Waals surface area contributed by atoms with Gasteiger partial charge in [0.1, 0.15) is 0 Å². The Kier molecular flexibility index (Phi) is 7.71. The van der Waals surface area contributed by atoms with Crippen LogP contribution in [0.4, 0.5) is 0 Å². The van der Waals surface area contributed by atoms with Crippen LogP contribution >= 0.6 is 0 Å². The van der Waals surface area contributed by atoms with Crippen molar-refractivity contribution in [1.29, 1.82) is 0 Å². The highest BCUT2D eigenvalue weighted by Crippen LogP contribution is 2.49. The number of nitrogens with zero attached hydrogens (tertiary/aromatic N) is 2. The van der Waals surface area contributed by atoms with Crippen LogP contribution in [0.5, 0.6) is 0 Å². The largest absolute Gasteiger partial charge is 0.375 e. The first kappa shape index (κ1) is 37.2. The van der Waals surface area contributed by atoms with Gasteiger partial charge in [-0.25, -0.2) is 0 Å². The molecule has 2 aliphatic heterocycles. The lowest BCUT2D eigenvalue weighted by molar-refractivity contribution is 0.590. The molecule has 2 aromatic heterocycles. The Hall–Kier alpha value is -5.06. The number of aryl methyl sites for hydroxylation is 1. The van der Waals surface area contributed by atoms with E-state index in [1.807, 2.05) is 0 Å². The molecule has 10 rings (SSSR count). The van der Waals surface area contributed by atoms with Crippen molar-refractivity contribution in [2.24, 2.45) is 0 Å². The Morgan fingerprint density at radius 1 is 0.534 bits per heavy atom. The van der Waals surface area contributed by atoms with Gasteiger partial charge in [0, 0.05) is 44.2 Å². The molecule has 0 spiro atoms. The van der Waals surface area contributed by atoms with Gasteiger partial charge in [-0.15, -0.1) is 0 Å². The van der Waals surface area contributed by atoms with Crippen LogP contribution in [0.2, 0.25) is 19.6 Å². The maximum Gasteiger partial charge on any atom is 0.333 e. The van der Waals surface area contributed by atoms with Crippen molar-refractivity contribution in [2.75, 3.05) is 0 Å². The molecule has 0 fully saturated rings. The van der Waals surface area contributed by atoms with Crippen LogP contribution in [-0.2, 0) is 16.2 Å². The summed E-state index contributed by atoms with van der Waals surface area (Å²) in [5, 5.41) is 5.59. The van der Waals surface area contributed by atoms with Crippen LogP contribution in [0.1, 0.15) is 84.6 Å². The van der Waals surface area contributed by atoms with Crippen molar-refractivity contribution in [1.82, 2.24) is 9.05 Å². The third-order valence-electron chi connectivity index (χ3n) is 13.4. The fourth-order valence-corrected chi connectivity index (χ4v) is 11.2. The Bertz CT molecular complexity index is 3040. The molecular weight excluding hydrogens is 716 g/mol. The van der Waals surface area contributed by atoms with Gasteiger partial charge >= 0.3 is 6.85 Å². The number of aromatic nitrogens is 2. The normalized spacial score (nSPS) is 13.9. The van der Waals surface area contributed by atoms with Crippen LogP contribution in [0.15, 0.2) is 109 Å². The predicted molar refractivity (Wildman–Crippen MR) is 257 cm³/mol. The summed E-state index contributed by atoms with van der Waals surface area (Å²) < 4.78 is 5.48. The lowest BCUT2D eigenvalue weighted by Gasteiger charge is -2.37. The molecule has 8 aromatic rings. The van der Waals surface area contributed by atoms with Gasteiger partial charge in [0.2, 0.25) is 0 Å². The summed E-state index contributed by atoms with van der Waals surface area (Å²) in [5.41, 5.74) is 21.6. The molecule has 6 aromatic carbocycles. The second kappa shape index (κ2) is 12.0. The van der Waals surface area contributed by atoms with Crippen molar-refractivity contribution in [3.63, 3.8) is 0 Å².